The number of methoxy groups -OCH3 is 1. The van der Waals surface area contributed by atoms with Gasteiger partial charge < -0.3 is 15.0 Å². The maximum atomic E-state index is 5.62. The van der Waals surface area contributed by atoms with Crippen molar-refractivity contribution in [1.29, 1.82) is 0 Å². The number of hydrogen-bond donors (Lipinski definition) is 1. The summed E-state index contributed by atoms with van der Waals surface area (Å²) in [4.78, 5) is 11.3. The lowest BCUT2D eigenvalue weighted by molar-refractivity contribution is 0.0496. The van der Waals surface area contributed by atoms with Gasteiger partial charge in [-0.25, -0.2) is 9.97 Å². The Morgan fingerprint density at radius 1 is 1.38 bits per heavy atom. The standard InChI is InChI=1S/C16H28N4O/c1-5-8-17-15-13(6-2)16(19-11-18-15)20-9-7-12(3)14(10-20)21-4/h11-12,14H,5-10H2,1-4H3,(H,17,18,19). The Kier molecular flexibility index (Phi) is 5.79. The van der Waals surface area contributed by atoms with Crippen molar-refractivity contribution in [3.63, 3.8) is 0 Å². The summed E-state index contributed by atoms with van der Waals surface area (Å²) >= 11 is 0. The van der Waals surface area contributed by atoms with Crippen LogP contribution in [0.5, 0.6) is 0 Å². The molecular weight excluding hydrogens is 264 g/mol. The molecule has 1 aliphatic heterocycles. The van der Waals surface area contributed by atoms with E-state index in [0.29, 0.717) is 5.92 Å². The average molecular weight is 292 g/mol. The molecule has 1 aromatic rings. The SMILES string of the molecule is CCCNc1ncnc(N2CCC(C)C(OC)C2)c1CC. The van der Waals surface area contributed by atoms with Crippen LogP contribution in [0.4, 0.5) is 11.6 Å². The lowest BCUT2D eigenvalue weighted by atomic mass is 9.95. The number of rotatable bonds is 6. The first-order valence-electron chi connectivity index (χ1n) is 8.06. The maximum Gasteiger partial charge on any atom is 0.137 e. The van der Waals surface area contributed by atoms with E-state index in [1.165, 1.54) is 5.56 Å². The molecule has 2 rings (SSSR count). The van der Waals surface area contributed by atoms with Gasteiger partial charge in [0.15, 0.2) is 0 Å². The van der Waals surface area contributed by atoms with Crippen molar-refractivity contribution in [2.24, 2.45) is 5.92 Å². The predicted molar refractivity (Wildman–Crippen MR) is 87.0 cm³/mol. The number of hydrogen-bond acceptors (Lipinski definition) is 5. The number of piperidine rings is 1. The maximum absolute atomic E-state index is 5.62. The topological polar surface area (TPSA) is 50.3 Å². The van der Waals surface area contributed by atoms with Crippen LogP contribution in [0.3, 0.4) is 0 Å². The summed E-state index contributed by atoms with van der Waals surface area (Å²) < 4.78 is 5.62. The summed E-state index contributed by atoms with van der Waals surface area (Å²) in [6.07, 6.45) is 5.13. The van der Waals surface area contributed by atoms with Crippen LogP contribution in [0.15, 0.2) is 6.33 Å². The van der Waals surface area contributed by atoms with Gasteiger partial charge in [-0.1, -0.05) is 20.8 Å². The highest BCUT2D eigenvalue weighted by Gasteiger charge is 2.28. The van der Waals surface area contributed by atoms with E-state index in [1.54, 1.807) is 13.4 Å². The third-order valence-corrected chi connectivity index (χ3v) is 4.31. The molecule has 0 saturated carbocycles. The predicted octanol–water partition coefficient (Wildman–Crippen LogP) is 2.72. The Bertz CT molecular complexity index is 452. The van der Waals surface area contributed by atoms with Crippen LogP contribution < -0.4 is 10.2 Å². The van der Waals surface area contributed by atoms with Crippen LogP contribution >= 0.6 is 0 Å². The first-order valence-corrected chi connectivity index (χ1v) is 8.06. The van der Waals surface area contributed by atoms with Gasteiger partial charge in [0.05, 0.1) is 6.10 Å². The van der Waals surface area contributed by atoms with Crippen molar-refractivity contribution >= 4 is 11.6 Å². The van der Waals surface area contributed by atoms with Crippen molar-refractivity contribution in [3.8, 4) is 0 Å². The highest BCUT2D eigenvalue weighted by atomic mass is 16.5. The third kappa shape index (κ3) is 3.64. The van der Waals surface area contributed by atoms with E-state index >= 15 is 0 Å². The highest BCUT2D eigenvalue weighted by molar-refractivity contribution is 5.59. The van der Waals surface area contributed by atoms with Gasteiger partial charge in [0.25, 0.3) is 0 Å². The second kappa shape index (κ2) is 7.59. The van der Waals surface area contributed by atoms with Gasteiger partial charge in [-0.05, 0) is 25.2 Å². The fourth-order valence-corrected chi connectivity index (χ4v) is 2.93. The van der Waals surface area contributed by atoms with Crippen molar-refractivity contribution in [1.82, 2.24) is 9.97 Å². The normalized spacial score (nSPS) is 22.4. The lowest BCUT2D eigenvalue weighted by Crippen LogP contribution is -2.44. The van der Waals surface area contributed by atoms with Gasteiger partial charge in [-0.2, -0.15) is 0 Å². The Hall–Kier alpha value is -1.36. The van der Waals surface area contributed by atoms with E-state index in [1.807, 2.05) is 0 Å². The summed E-state index contributed by atoms with van der Waals surface area (Å²) in [5.41, 5.74) is 1.22. The minimum atomic E-state index is 0.283. The van der Waals surface area contributed by atoms with Crippen LogP contribution in [0, 0.1) is 5.92 Å². The van der Waals surface area contributed by atoms with Gasteiger partial charge >= 0.3 is 0 Å². The smallest absolute Gasteiger partial charge is 0.137 e. The Morgan fingerprint density at radius 2 is 2.19 bits per heavy atom. The van der Waals surface area contributed by atoms with E-state index in [2.05, 4.69) is 41.0 Å². The van der Waals surface area contributed by atoms with E-state index in [4.69, 9.17) is 4.74 Å². The molecule has 5 nitrogen and oxygen atoms in total. The number of ether oxygens (including phenoxy) is 1. The molecule has 0 amide bonds. The fraction of sp³-hybridized carbons (Fsp3) is 0.750. The largest absolute Gasteiger partial charge is 0.379 e. The van der Waals surface area contributed by atoms with Crippen molar-refractivity contribution in [2.45, 2.75) is 46.1 Å². The molecule has 2 atom stereocenters. The Morgan fingerprint density at radius 3 is 2.86 bits per heavy atom. The average Bonchev–Trinajstić information content (AvgIpc) is 2.53. The fourth-order valence-electron chi connectivity index (χ4n) is 2.93. The quantitative estimate of drug-likeness (QED) is 0.873. The summed E-state index contributed by atoms with van der Waals surface area (Å²) in [6.45, 7) is 9.49. The number of nitrogens with zero attached hydrogens (tertiary/aromatic N) is 3. The molecule has 0 aliphatic carbocycles. The second-order valence-electron chi connectivity index (χ2n) is 5.79. The van der Waals surface area contributed by atoms with Gasteiger partial charge in [0.2, 0.25) is 0 Å². The first-order chi connectivity index (χ1) is 10.2. The van der Waals surface area contributed by atoms with Gasteiger partial charge in [-0.3, -0.25) is 0 Å². The van der Waals surface area contributed by atoms with Crippen LogP contribution in [0.25, 0.3) is 0 Å². The second-order valence-corrected chi connectivity index (χ2v) is 5.79. The molecule has 1 fully saturated rings. The van der Waals surface area contributed by atoms with Gasteiger partial charge in [0, 0.05) is 32.3 Å². The molecule has 0 aromatic carbocycles. The molecule has 118 valence electrons. The van der Waals surface area contributed by atoms with Crippen LogP contribution in [-0.4, -0.2) is 42.8 Å². The molecule has 0 radical (unpaired) electrons. The minimum Gasteiger partial charge on any atom is -0.379 e. The summed E-state index contributed by atoms with van der Waals surface area (Å²) in [6, 6.07) is 0. The van der Waals surface area contributed by atoms with Crippen LogP contribution in [0.1, 0.15) is 39.2 Å². The van der Waals surface area contributed by atoms with E-state index in [-0.39, 0.29) is 6.10 Å². The molecule has 1 aliphatic rings. The zero-order valence-electron chi connectivity index (χ0n) is 13.7. The molecule has 0 spiro atoms. The zero-order valence-corrected chi connectivity index (χ0v) is 13.7. The number of anilines is 2. The molecule has 1 N–H and O–H groups in total. The highest BCUT2D eigenvalue weighted by Crippen LogP contribution is 2.29. The van der Waals surface area contributed by atoms with Crippen LogP contribution in [0.2, 0.25) is 0 Å². The summed E-state index contributed by atoms with van der Waals surface area (Å²) in [5, 5.41) is 3.42. The lowest BCUT2D eigenvalue weighted by Gasteiger charge is -2.37. The zero-order chi connectivity index (χ0) is 15.2. The summed E-state index contributed by atoms with van der Waals surface area (Å²) in [7, 11) is 1.81. The summed E-state index contributed by atoms with van der Waals surface area (Å²) in [5.74, 6) is 2.66. The van der Waals surface area contributed by atoms with E-state index in [9.17, 15) is 0 Å². The molecule has 1 aromatic heterocycles. The monoisotopic (exact) mass is 292 g/mol. The molecular formula is C16H28N4O. The molecule has 1 saturated heterocycles. The molecule has 5 heteroatoms. The molecule has 0 bridgehead atoms. The third-order valence-electron chi connectivity index (χ3n) is 4.31. The van der Waals surface area contributed by atoms with Gasteiger partial charge in [0.1, 0.15) is 18.0 Å². The minimum absolute atomic E-state index is 0.283. The molecule has 21 heavy (non-hydrogen) atoms. The number of aromatic nitrogens is 2. The van der Waals surface area contributed by atoms with Crippen molar-refractivity contribution < 1.29 is 4.74 Å². The Balaban J connectivity index is 2.22. The van der Waals surface area contributed by atoms with E-state index in [0.717, 1.165) is 50.5 Å². The van der Waals surface area contributed by atoms with Crippen LogP contribution in [-0.2, 0) is 11.2 Å². The van der Waals surface area contributed by atoms with Crippen molar-refractivity contribution in [3.05, 3.63) is 11.9 Å². The first kappa shape index (κ1) is 16.0. The number of nitrogens with one attached hydrogen (secondary N) is 1. The van der Waals surface area contributed by atoms with Crippen molar-refractivity contribution in [2.75, 3.05) is 37.0 Å². The molecule has 2 unspecified atom stereocenters. The van der Waals surface area contributed by atoms with E-state index < -0.39 is 0 Å². The Labute approximate surface area is 128 Å². The van der Waals surface area contributed by atoms with Gasteiger partial charge in [-0.15, -0.1) is 0 Å². The molecule has 2 heterocycles.